The number of phenolic OH excluding ortho intramolecular Hbond substituents is 2. The van der Waals surface area contributed by atoms with Crippen LogP contribution in [0.4, 0.5) is 0 Å². The summed E-state index contributed by atoms with van der Waals surface area (Å²) in [6.07, 6.45) is 2.51. The number of amides is 1. The van der Waals surface area contributed by atoms with Gasteiger partial charge in [-0.1, -0.05) is 19.9 Å². The molecule has 0 saturated carbocycles. The van der Waals surface area contributed by atoms with Crippen LogP contribution in [0.2, 0.25) is 0 Å². The lowest BCUT2D eigenvalue weighted by Gasteiger charge is -2.44. The number of benzene rings is 1. The molecule has 0 spiro atoms. The minimum absolute atomic E-state index is 0.0103. The van der Waals surface area contributed by atoms with Gasteiger partial charge in [0.1, 0.15) is 40.0 Å². The maximum Gasteiger partial charge on any atom is 0.250 e. The number of hydrogen-bond acceptors (Lipinski definition) is 9. The number of carbonyl (C=O) groups excluding carboxylic acids is 4. The molecule has 1 saturated heterocycles. The number of hydrogen-bond donors (Lipinski definition) is 3. The Labute approximate surface area is 266 Å². The Bertz CT molecular complexity index is 1850. The molecule has 4 atom stereocenters. The van der Waals surface area contributed by atoms with Gasteiger partial charge in [0.15, 0.2) is 17.3 Å². The van der Waals surface area contributed by atoms with Gasteiger partial charge in [-0.15, -0.1) is 0 Å². The molecule has 242 valence electrons. The lowest BCUT2D eigenvalue weighted by Crippen LogP contribution is -2.54. The minimum atomic E-state index is -1.65. The second-order valence-corrected chi connectivity index (χ2v) is 13.7. The topological polar surface area (TPSA) is 155 Å². The van der Waals surface area contributed by atoms with Crippen molar-refractivity contribution in [2.45, 2.75) is 78.3 Å². The standard InChI is InChI=1S/C35H39N3O8/c1-16(2)10-22(34(45)37-13-20-11-21(15-37)23-8-7-9-26(41)38(23)14-20)36-18(4)27-24(40)12-25-35(6,33(27)44)29-31(43)17(3)30(42)28(19(5)39)32(29)46-25/h7-9,12,16,20-22,36,42-43H,10-11,13-15H2,1-6H3/b27-18+/t20-,21+,22+,35+/m0/s1. The fourth-order valence-corrected chi connectivity index (χ4v) is 7.69. The van der Waals surface area contributed by atoms with Gasteiger partial charge >= 0.3 is 0 Å². The van der Waals surface area contributed by atoms with Gasteiger partial charge in [-0.3, -0.25) is 24.0 Å². The molecule has 11 heteroatoms. The summed E-state index contributed by atoms with van der Waals surface area (Å²) in [7, 11) is 0. The van der Waals surface area contributed by atoms with E-state index in [4.69, 9.17) is 4.74 Å². The number of nitrogens with zero attached hydrogens (tertiary/aromatic N) is 2. The summed E-state index contributed by atoms with van der Waals surface area (Å²) < 4.78 is 7.68. The lowest BCUT2D eigenvalue weighted by molar-refractivity contribution is -0.136. The van der Waals surface area contributed by atoms with Crippen LogP contribution in [0.3, 0.4) is 0 Å². The molecule has 1 amide bonds. The highest BCUT2D eigenvalue weighted by Crippen LogP contribution is 2.57. The molecule has 1 aromatic heterocycles. The van der Waals surface area contributed by atoms with Gasteiger partial charge in [0, 0.05) is 54.6 Å². The Morgan fingerprint density at radius 3 is 2.48 bits per heavy atom. The summed E-state index contributed by atoms with van der Waals surface area (Å²) in [5.41, 5.74) is -0.865. The van der Waals surface area contributed by atoms with E-state index in [0.717, 1.165) is 12.1 Å². The Morgan fingerprint density at radius 2 is 1.80 bits per heavy atom. The predicted molar refractivity (Wildman–Crippen MR) is 168 cm³/mol. The van der Waals surface area contributed by atoms with Gasteiger partial charge in [-0.2, -0.15) is 0 Å². The number of phenols is 2. The predicted octanol–water partition coefficient (Wildman–Crippen LogP) is 3.38. The summed E-state index contributed by atoms with van der Waals surface area (Å²) in [4.78, 5) is 68.7. The number of ketones is 3. The first-order chi connectivity index (χ1) is 21.6. The number of aromatic hydroxyl groups is 2. The first-order valence-electron chi connectivity index (χ1n) is 15.7. The highest BCUT2D eigenvalue weighted by Gasteiger charge is 2.56. The molecule has 2 bridgehead atoms. The van der Waals surface area contributed by atoms with Crippen molar-refractivity contribution >= 4 is 23.3 Å². The van der Waals surface area contributed by atoms with Crippen LogP contribution in [-0.4, -0.2) is 62.1 Å². The maximum absolute atomic E-state index is 14.3. The zero-order valence-electron chi connectivity index (χ0n) is 26.9. The number of pyridine rings is 1. The van der Waals surface area contributed by atoms with E-state index < -0.39 is 40.3 Å². The number of allylic oxidation sites excluding steroid dienone is 4. The SMILES string of the molecule is CC(=O)c1c(O)c(C)c(O)c2c1OC1=CC(=O)/C(=C(/C)N[C@H](CC(C)C)C(=O)N3C[C@@H]4C[C@H](C3)c3cccc(=O)n3C4)C(=O)[C@]12C. The maximum atomic E-state index is 14.3. The monoisotopic (exact) mass is 629 g/mol. The molecule has 11 nitrogen and oxygen atoms in total. The van der Waals surface area contributed by atoms with Crippen molar-refractivity contribution in [3.8, 4) is 17.2 Å². The molecule has 3 N–H and O–H groups in total. The lowest BCUT2D eigenvalue weighted by atomic mass is 9.70. The highest BCUT2D eigenvalue weighted by atomic mass is 16.5. The number of rotatable bonds is 6. The number of nitrogens with one attached hydrogen (secondary N) is 1. The zero-order valence-corrected chi connectivity index (χ0v) is 26.9. The van der Waals surface area contributed by atoms with Crippen molar-refractivity contribution < 1.29 is 34.1 Å². The van der Waals surface area contributed by atoms with Gasteiger partial charge in [-0.25, -0.2) is 0 Å². The number of piperidine rings is 1. The van der Waals surface area contributed by atoms with E-state index >= 15 is 0 Å². The number of Topliss-reactive ketones (excluding diaryl/α,β-unsaturated/α-hetero) is 2. The van der Waals surface area contributed by atoms with E-state index in [2.05, 4.69) is 5.32 Å². The molecular formula is C35H39N3O8. The van der Waals surface area contributed by atoms with Crippen molar-refractivity contribution in [1.82, 2.24) is 14.8 Å². The van der Waals surface area contributed by atoms with Crippen LogP contribution in [0, 0.1) is 18.8 Å². The van der Waals surface area contributed by atoms with Crippen molar-refractivity contribution in [3.05, 3.63) is 74.0 Å². The van der Waals surface area contributed by atoms with Crippen molar-refractivity contribution in [3.63, 3.8) is 0 Å². The van der Waals surface area contributed by atoms with Crippen LogP contribution in [0.1, 0.15) is 80.6 Å². The largest absolute Gasteiger partial charge is 0.507 e. The highest BCUT2D eigenvalue weighted by molar-refractivity contribution is 6.31. The molecule has 4 heterocycles. The third kappa shape index (κ3) is 4.66. The quantitative estimate of drug-likeness (QED) is 0.248. The van der Waals surface area contributed by atoms with E-state index in [0.29, 0.717) is 26.1 Å². The molecule has 3 aliphatic heterocycles. The van der Waals surface area contributed by atoms with Crippen LogP contribution < -0.4 is 15.6 Å². The van der Waals surface area contributed by atoms with Gasteiger partial charge in [0.2, 0.25) is 5.91 Å². The van der Waals surface area contributed by atoms with E-state index in [9.17, 15) is 34.2 Å². The number of likely N-dealkylation sites (tertiary alicyclic amines) is 1. The van der Waals surface area contributed by atoms with Crippen molar-refractivity contribution in [2.24, 2.45) is 11.8 Å². The third-order valence-corrected chi connectivity index (χ3v) is 9.95. The van der Waals surface area contributed by atoms with E-state index in [1.165, 1.54) is 26.8 Å². The van der Waals surface area contributed by atoms with Crippen LogP contribution >= 0.6 is 0 Å². The molecule has 2 aromatic rings. The number of fused-ring (bicyclic) bond motifs is 7. The van der Waals surface area contributed by atoms with E-state index in [1.54, 1.807) is 19.1 Å². The average Bonchev–Trinajstić information content (AvgIpc) is 3.28. The Kier molecular flexibility index (Phi) is 7.48. The van der Waals surface area contributed by atoms with Crippen molar-refractivity contribution in [2.75, 3.05) is 13.1 Å². The summed E-state index contributed by atoms with van der Waals surface area (Å²) in [6.45, 7) is 11.3. The van der Waals surface area contributed by atoms with Crippen LogP contribution in [0.15, 0.2) is 46.1 Å². The molecule has 6 rings (SSSR count). The normalized spacial score (nSPS) is 24.8. The molecule has 0 unspecified atom stereocenters. The Hall–Kier alpha value is -4.67. The first-order valence-corrected chi connectivity index (χ1v) is 15.7. The molecule has 4 aliphatic rings. The Balaban J connectivity index is 1.34. The first kappa shape index (κ1) is 31.3. The summed E-state index contributed by atoms with van der Waals surface area (Å²) in [5.74, 6) is -2.73. The van der Waals surface area contributed by atoms with Crippen molar-refractivity contribution in [1.29, 1.82) is 0 Å². The van der Waals surface area contributed by atoms with E-state index in [1.807, 2.05) is 29.4 Å². The molecule has 0 radical (unpaired) electrons. The smallest absolute Gasteiger partial charge is 0.250 e. The van der Waals surface area contributed by atoms with E-state index in [-0.39, 0.29) is 68.7 Å². The zero-order chi connectivity index (χ0) is 33.4. The van der Waals surface area contributed by atoms with Gasteiger partial charge in [0.05, 0.1) is 11.1 Å². The van der Waals surface area contributed by atoms with Gasteiger partial charge in [-0.05, 0) is 58.4 Å². The summed E-state index contributed by atoms with van der Waals surface area (Å²) >= 11 is 0. The van der Waals surface area contributed by atoms with Gasteiger partial charge in [0.25, 0.3) is 5.56 Å². The fraction of sp³-hybridized carbons (Fsp3) is 0.457. The average molecular weight is 630 g/mol. The Morgan fingerprint density at radius 1 is 1.09 bits per heavy atom. The fourth-order valence-electron chi connectivity index (χ4n) is 7.69. The molecular weight excluding hydrogens is 590 g/mol. The molecule has 1 aromatic carbocycles. The van der Waals surface area contributed by atoms with Crippen LogP contribution in [0.25, 0.3) is 0 Å². The van der Waals surface area contributed by atoms with Crippen LogP contribution in [0.5, 0.6) is 17.2 Å². The van der Waals surface area contributed by atoms with Crippen LogP contribution in [-0.2, 0) is 26.3 Å². The molecule has 1 aliphatic carbocycles. The number of ether oxygens (including phenoxy) is 1. The second kappa shape index (κ2) is 11.0. The number of aromatic nitrogens is 1. The summed E-state index contributed by atoms with van der Waals surface area (Å²) in [5, 5.41) is 25.0. The van der Waals surface area contributed by atoms with Gasteiger partial charge < -0.3 is 29.7 Å². The number of carbonyl (C=O) groups is 4. The molecule has 1 fully saturated rings. The second-order valence-electron chi connectivity index (χ2n) is 13.7. The molecule has 46 heavy (non-hydrogen) atoms. The minimum Gasteiger partial charge on any atom is -0.507 e. The third-order valence-electron chi connectivity index (χ3n) is 9.95. The summed E-state index contributed by atoms with van der Waals surface area (Å²) in [6, 6.07) is 4.53.